The molecule has 2 fully saturated rings. The average molecular weight is 344 g/mol. The lowest BCUT2D eigenvalue weighted by atomic mass is 9.93. The van der Waals surface area contributed by atoms with Crippen LogP contribution in [-0.4, -0.2) is 43.2 Å². The van der Waals surface area contributed by atoms with Gasteiger partial charge >= 0.3 is 0 Å². The van der Waals surface area contributed by atoms with Crippen LogP contribution in [-0.2, 0) is 11.3 Å². The minimum atomic E-state index is 0.187. The largest absolute Gasteiger partial charge is 0.381 e. The van der Waals surface area contributed by atoms with Crippen molar-refractivity contribution >= 4 is 5.91 Å². The van der Waals surface area contributed by atoms with Gasteiger partial charge in [-0.05, 0) is 69.1 Å². The number of piperidine rings is 1. The molecule has 1 aromatic carbocycles. The predicted molar refractivity (Wildman–Crippen MR) is 101 cm³/mol. The molecule has 4 nitrogen and oxygen atoms in total. The van der Waals surface area contributed by atoms with Crippen LogP contribution in [0, 0.1) is 5.92 Å². The molecule has 0 radical (unpaired) electrons. The summed E-state index contributed by atoms with van der Waals surface area (Å²) >= 11 is 0. The van der Waals surface area contributed by atoms with Crippen molar-refractivity contribution in [3.63, 3.8) is 0 Å². The smallest absolute Gasteiger partial charge is 0.253 e. The first kappa shape index (κ1) is 18.4. The van der Waals surface area contributed by atoms with Crippen LogP contribution in [0.2, 0.25) is 0 Å². The van der Waals surface area contributed by atoms with Crippen molar-refractivity contribution in [2.24, 2.45) is 5.92 Å². The Labute approximate surface area is 151 Å². The molecule has 1 N–H and O–H groups in total. The molecule has 0 saturated carbocycles. The van der Waals surface area contributed by atoms with Gasteiger partial charge in [0.1, 0.15) is 0 Å². The zero-order chi connectivity index (χ0) is 17.5. The second kappa shape index (κ2) is 9.35. The van der Waals surface area contributed by atoms with Crippen molar-refractivity contribution in [2.45, 2.75) is 58.0 Å². The number of benzene rings is 1. The molecule has 138 valence electrons. The molecule has 2 aliphatic heterocycles. The van der Waals surface area contributed by atoms with Gasteiger partial charge in [-0.15, -0.1) is 0 Å². The summed E-state index contributed by atoms with van der Waals surface area (Å²) in [5.41, 5.74) is 2.06. The van der Waals surface area contributed by atoms with Crippen LogP contribution < -0.4 is 5.32 Å². The van der Waals surface area contributed by atoms with Crippen LogP contribution in [0.15, 0.2) is 24.3 Å². The number of likely N-dealkylation sites (tertiary alicyclic amines) is 1. The van der Waals surface area contributed by atoms with Crippen LogP contribution in [0.25, 0.3) is 0 Å². The van der Waals surface area contributed by atoms with E-state index in [4.69, 9.17) is 4.74 Å². The molecular formula is C21H32N2O2. The maximum absolute atomic E-state index is 12.5. The van der Waals surface area contributed by atoms with Gasteiger partial charge < -0.3 is 15.0 Å². The predicted octanol–water partition coefficient (Wildman–Crippen LogP) is 3.61. The molecule has 25 heavy (non-hydrogen) atoms. The third-order valence-corrected chi connectivity index (χ3v) is 5.53. The Kier molecular flexibility index (Phi) is 6.88. The minimum Gasteiger partial charge on any atom is -0.381 e. The molecule has 2 aliphatic rings. The van der Waals surface area contributed by atoms with Gasteiger partial charge in [-0.1, -0.05) is 12.1 Å². The summed E-state index contributed by atoms with van der Waals surface area (Å²) in [4.78, 5) is 14.5. The molecule has 0 bridgehead atoms. The molecule has 0 unspecified atom stereocenters. The van der Waals surface area contributed by atoms with Crippen molar-refractivity contribution < 1.29 is 9.53 Å². The molecule has 1 amide bonds. The first-order chi connectivity index (χ1) is 12.2. The second-order valence-electron chi connectivity index (χ2n) is 7.62. The van der Waals surface area contributed by atoms with E-state index >= 15 is 0 Å². The summed E-state index contributed by atoms with van der Waals surface area (Å²) < 4.78 is 5.43. The maximum atomic E-state index is 12.5. The van der Waals surface area contributed by atoms with Gasteiger partial charge in [-0.3, -0.25) is 4.79 Å². The van der Waals surface area contributed by atoms with Crippen molar-refractivity contribution in [1.82, 2.24) is 10.2 Å². The van der Waals surface area contributed by atoms with Crippen molar-refractivity contribution in [1.29, 1.82) is 0 Å². The summed E-state index contributed by atoms with van der Waals surface area (Å²) in [6.07, 6.45) is 7.13. The number of hydrogen-bond donors (Lipinski definition) is 1. The summed E-state index contributed by atoms with van der Waals surface area (Å²) in [7, 11) is 0. The van der Waals surface area contributed by atoms with E-state index in [1.54, 1.807) is 0 Å². The average Bonchev–Trinajstić information content (AvgIpc) is 2.68. The second-order valence-corrected chi connectivity index (χ2v) is 7.62. The highest BCUT2D eigenvalue weighted by atomic mass is 16.5. The van der Waals surface area contributed by atoms with E-state index in [2.05, 4.69) is 24.4 Å². The van der Waals surface area contributed by atoms with E-state index < -0.39 is 0 Å². The molecule has 0 aliphatic carbocycles. The molecule has 2 saturated heterocycles. The number of amides is 1. The Bertz CT molecular complexity index is 531. The highest BCUT2D eigenvalue weighted by Gasteiger charge is 2.18. The zero-order valence-corrected chi connectivity index (χ0v) is 15.5. The molecule has 4 heteroatoms. The Morgan fingerprint density at radius 2 is 1.84 bits per heavy atom. The van der Waals surface area contributed by atoms with Gasteiger partial charge in [0.2, 0.25) is 0 Å². The SMILES string of the molecule is C[C@@H](CC1CCOCC1)NCc1ccc(C(=O)N2CCCCC2)cc1. The minimum absolute atomic E-state index is 0.187. The van der Waals surface area contributed by atoms with E-state index in [9.17, 15) is 4.79 Å². The summed E-state index contributed by atoms with van der Waals surface area (Å²) in [5.74, 6) is 0.980. The molecule has 2 heterocycles. The molecule has 1 atom stereocenters. The van der Waals surface area contributed by atoms with Gasteiger partial charge in [0.25, 0.3) is 5.91 Å². The lowest BCUT2D eigenvalue weighted by molar-refractivity contribution is 0.0611. The lowest BCUT2D eigenvalue weighted by Crippen LogP contribution is -2.35. The molecular weight excluding hydrogens is 312 g/mol. The third kappa shape index (κ3) is 5.55. The van der Waals surface area contributed by atoms with Gasteiger partial charge in [-0.25, -0.2) is 0 Å². The summed E-state index contributed by atoms with van der Waals surface area (Å²) in [5, 5.41) is 3.62. The fraction of sp³-hybridized carbons (Fsp3) is 0.667. The maximum Gasteiger partial charge on any atom is 0.253 e. The monoisotopic (exact) mass is 344 g/mol. The number of ether oxygens (including phenoxy) is 1. The fourth-order valence-electron chi connectivity index (χ4n) is 3.90. The fourth-order valence-corrected chi connectivity index (χ4v) is 3.90. The highest BCUT2D eigenvalue weighted by Crippen LogP contribution is 2.20. The topological polar surface area (TPSA) is 41.6 Å². The van der Waals surface area contributed by atoms with Crippen LogP contribution in [0.4, 0.5) is 0 Å². The van der Waals surface area contributed by atoms with E-state index in [0.29, 0.717) is 6.04 Å². The Balaban J connectivity index is 1.44. The van der Waals surface area contributed by atoms with Gasteiger partial charge in [0.05, 0.1) is 0 Å². The van der Waals surface area contributed by atoms with Crippen molar-refractivity contribution in [2.75, 3.05) is 26.3 Å². The van der Waals surface area contributed by atoms with Crippen LogP contribution in [0.5, 0.6) is 0 Å². The first-order valence-electron chi connectivity index (χ1n) is 9.92. The van der Waals surface area contributed by atoms with Crippen molar-refractivity contribution in [3.8, 4) is 0 Å². The van der Waals surface area contributed by atoms with E-state index in [1.807, 2.05) is 17.0 Å². The summed E-state index contributed by atoms with van der Waals surface area (Å²) in [6, 6.07) is 8.66. The van der Waals surface area contributed by atoms with E-state index in [-0.39, 0.29) is 5.91 Å². The number of nitrogens with zero attached hydrogens (tertiary/aromatic N) is 1. The van der Waals surface area contributed by atoms with Crippen LogP contribution >= 0.6 is 0 Å². The number of carbonyl (C=O) groups excluding carboxylic acids is 1. The normalized spacial score (nSPS) is 20.4. The standard InChI is InChI=1S/C21H32N2O2/c1-17(15-18-9-13-25-14-10-18)22-16-19-5-7-20(8-6-19)21(24)23-11-3-2-4-12-23/h5-8,17-18,22H,2-4,9-16H2,1H3/t17-/m0/s1. The molecule has 0 aromatic heterocycles. The Morgan fingerprint density at radius 3 is 2.52 bits per heavy atom. The van der Waals surface area contributed by atoms with Gasteiger partial charge in [-0.2, -0.15) is 0 Å². The van der Waals surface area contributed by atoms with E-state index in [1.165, 1.54) is 31.2 Å². The van der Waals surface area contributed by atoms with Crippen LogP contribution in [0.3, 0.4) is 0 Å². The number of nitrogens with one attached hydrogen (secondary N) is 1. The highest BCUT2D eigenvalue weighted by molar-refractivity contribution is 5.94. The van der Waals surface area contributed by atoms with E-state index in [0.717, 1.165) is 57.2 Å². The van der Waals surface area contributed by atoms with Gasteiger partial charge in [0.15, 0.2) is 0 Å². The quantitative estimate of drug-likeness (QED) is 0.857. The number of rotatable bonds is 6. The first-order valence-corrected chi connectivity index (χ1v) is 9.92. The molecule has 1 aromatic rings. The number of hydrogen-bond acceptors (Lipinski definition) is 3. The zero-order valence-electron chi connectivity index (χ0n) is 15.5. The van der Waals surface area contributed by atoms with Crippen LogP contribution in [0.1, 0.15) is 61.4 Å². The van der Waals surface area contributed by atoms with Gasteiger partial charge in [0, 0.05) is 44.5 Å². The molecule has 3 rings (SSSR count). The Morgan fingerprint density at radius 1 is 1.16 bits per heavy atom. The Hall–Kier alpha value is -1.39. The molecule has 0 spiro atoms. The van der Waals surface area contributed by atoms with Crippen molar-refractivity contribution in [3.05, 3.63) is 35.4 Å². The summed E-state index contributed by atoms with van der Waals surface area (Å²) in [6.45, 7) is 6.79. The third-order valence-electron chi connectivity index (χ3n) is 5.53. The number of carbonyl (C=O) groups is 1. The lowest BCUT2D eigenvalue weighted by Gasteiger charge is -2.27.